The van der Waals surface area contributed by atoms with E-state index in [1.807, 2.05) is 0 Å². The summed E-state index contributed by atoms with van der Waals surface area (Å²) in [5.41, 5.74) is 0.604. The molecule has 2 atom stereocenters. The predicted molar refractivity (Wildman–Crippen MR) is 81.1 cm³/mol. The lowest BCUT2D eigenvalue weighted by molar-refractivity contribution is -0.519. The van der Waals surface area contributed by atoms with Gasteiger partial charge in [-0.3, -0.25) is 14.9 Å². The van der Waals surface area contributed by atoms with E-state index in [-0.39, 0.29) is 5.78 Å². The number of hydrogen-bond donors (Lipinski definition) is 0. The van der Waals surface area contributed by atoms with Crippen molar-refractivity contribution in [1.29, 1.82) is 0 Å². The number of rotatable bonds is 8. The highest BCUT2D eigenvalue weighted by atomic mass is 16.6. The maximum Gasteiger partial charge on any atom is 0.224 e. The van der Waals surface area contributed by atoms with Crippen molar-refractivity contribution in [3.05, 3.63) is 33.9 Å². The summed E-state index contributed by atoms with van der Waals surface area (Å²) in [6, 6.07) is 4.08. The number of nitro groups is 1. The van der Waals surface area contributed by atoms with Crippen LogP contribution in [0.1, 0.15) is 37.7 Å². The number of ketones is 1. The zero-order valence-corrected chi connectivity index (χ0v) is 13.1. The van der Waals surface area contributed by atoms with Crippen molar-refractivity contribution in [1.82, 2.24) is 0 Å². The third kappa shape index (κ3) is 3.55. The molecule has 0 saturated heterocycles. The first kappa shape index (κ1) is 16.3. The Morgan fingerprint density at radius 2 is 1.95 bits per heavy atom. The van der Waals surface area contributed by atoms with Crippen LogP contribution in [-0.2, 0) is 4.79 Å². The minimum absolute atomic E-state index is 0.0704. The van der Waals surface area contributed by atoms with Gasteiger partial charge >= 0.3 is 0 Å². The summed E-state index contributed by atoms with van der Waals surface area (Å²) in [6.45, 7) is 1.48. The van der Waals surface area contributed by atoms with E-state index >= 15 is 0 Å². The third-order valence-electron chi connectivity index (χ3n) is 4.12. The lowest BCUT2D eigenvalue weighted by Gasteiger charge is -2.19. The van der Waals surface area contributed by atoms with Gasteiger partial charge in [-0.1, -0.05) is 6.07 Å². The van der Waals surface area contributed by atoms with E-state index in [4.69, 9.17) is 9.47 Å². The standard InChI is InChI=1S/C16H21NO5/c1-10(17(19)20)16(13(18)8-11-4-5-11)12-6-7-14(21-2)15(9-12)22-3/h6-7,9-11,16H,4-5,8H2,1-3H3. The Bertz CT molecular complexity index is 568. The molecule has 0 heterocycles. The number of hydrogen-bond acceptors (Lipinski definition) is 5. The number of Topliss-reactive ketones (excluding diaryl/α,β-unsaturated/α-hetero) is 1. The average molecular weight is 307 g/mol. The molecule has 1 aromatic carbocycles. The van der Waals surface area contributed by atoms with Crippen molar-refractivity contribution >= 4 is 5.78 Å². The Labute approximate surface area is 129 Å². The maximum atomic E-state index is 12.5. The molecule has 1 saturated carbocycles. The molecule has 6 heteroatoms. The molecule has 0 aliphatic heterocycles. The first-order valence-corrected chi connectivity index (χ1v) is 7.36. The van der Waals surface area contributed by atoms with Gasteiger partial charge in [0.1, 0.15) is 11.7 Å². The van der Waals surface area contributed by atoms with Crippen LogP contribution in [0.5, 0.6) is 11.5 Å². The van der Waals surface area contributed by atoms with Crippen LogP contribution in [-0.4, -0.2) is 31.0 Å². The zero-order chi connectivity index (χ0) is 16.3. The minimum Gasteiger partial charge on any atom is -0.493 e. The van der Waals surface area contributed by atoms with Gasteiger partial charge in [0.25, 0.3) is 0 Å². The average Bonchev–Trinajstić information content (AvgIpc) is 3.30. The van der Waals surface area contributed by atoms with E-state index < -0.39 is 16.9 Å². The first-order valence-electron chi connectivity index (χ1n) is 7.36. The quantitative estimate of drug-likeness (QED) is 0.545. The molecule has 0 radical (unpaired) electrons. The summed E-state index contributed by atoms with van der Waals surface area (Å²) >= 11 is 0. The Kier molecular flexibility index (Phi) is 5.00. The fourth-order valence-corrected chi connectivity index (χ4v) is 2.63. The van der Waals surface area contributed by atoms with Gasteiger partial charge in [-0.25, -0.2) is 0 Å². The second-order valence-corrected chi connectivity index (χ2v) is 5.73. The summed E-state index contributed by atoms with van der Waals surface area (Å²) in [7, 11) is 3.02. The highest BCUT2D eigenvalue weighted by molar-refractivity contribution is 5.87. The normalized spacial score (nSPS) is 16.7. The number of nitrogens with zero attached hydrogens (tertiary/aromatic N) is 1. The molecular weight excluding hydrogens is 286 g/mol. The number of benzene rings is 1. The molecule has 1 aliphatic carbocycles. The molecule has 0 spiro atoms. The number of methoxy groups -OCH3 is 2. The maximum absolute atomic E-state index is 12.5. The van der Waals surface area contributed by atoms with Crippen LogP contribution in [0.4, 0.5) is 0 Å². The highest BCUT2D eigenvalue weighted by Crippen LogP contribution is 2.38. The van der Waals surface area contributed by atoms with Gasteiger partial charge in [-0.15, -0.1) is 0 Å². The first-order chi connectivity index (χ1) is 10.5. The number of ether oxygens (including phenoxy) is 2. The summed E-state index contributed by atoms with van der Waals surface area (Å²) in [5, 5.41) is 11.2. The highest BCUT2D eigenvalue weighted by Gasteiger charge is 2.37. The summed E-state index contributed by atoms with van der Waals surface area (Å²) < 4.78 is 10.4. The van der Waals surface area contributed by atoms with E-state index in [2.05, 4.69) is 0 Å². The Balaban J connectivity index is 2.34. The second kappa shape index (κ2) is 6.77. The smallest absolute Gasteiger partial charge is 0.224 e. The van der Waals surface area contributed by atoms with Crippen molar-refractivity contribution in [2.24, 2.45) is 5.92 Å². The van der Waals surface area contributed by atoms with Crippen LogP contribution in [0.3, 0.4) is 0 Å². The van der Waals surface area contributed by atoms with Crippen molar-refractivity contribution in [2.45, 2.75) is 38.1 Å². The van der Waals surface area contributed by atoms with Gasteiger partial charge in [0.05, 0.1) is 14.2 Å². The molecule has 120 valence electrons. The van der Waals surface area contributed by atoms with E-state index in [0.29, 0.717) is 29.4 Å². The Morgan fingerprint density at radius 1 is 1.32 bits per heavy atom. The summed E-state index contributed by atoms with van der Waals surface area (Å²) in [4.78, 5) is 23.3. The van der Waals surface area contributed by atoms with Gasteiger partial charge < -0.3 is 9.47 Å². The van der Waals surface area contributed by atoms with Crippen LogP contribution in [0, 0.1) is 16.0 Å². The molecule has 0 bridgehead atoms. The van der Waals surface area contributed by atoms with Crippen molar-refractivity contribution in [3.63, 3.8) is 0 Å². The summed E-state index contributed by atoms with van der Waals surface area (Å²) in [6.07, 6.45) is 2.49. The Hall–Kier alpha value is -2.11. The molecule has 0 N–H and O–H groups in total. The SMILES string of the molecule is COc1ccc(C(C(=O)CC2CC2)C(C)[N+](=O)[O-])cc1OC. The van der Waals surface area contributed by atoms with Gasteiger partial charge in [-0.2, -0.15) is 0 Å². The van der Waals surface area contributed by atoms with E-state index in [9.17, 15) is 14.9 Å². The van der Waals surface area contributed by atoms with Gasteiger partial charge in [-0.05, 0) is 36.5 Å². The molecule has 2 rings (SSSR count). The molecule has 1 aromatic rings. The molecule has 2 unspecified atom stereocenters. The van der Waals surface area contributed by atoms with E-state index in [1.165, 1.54) is 21.1 Å². The second-order valence-electron chi connectivity index (χ2n) is 5.73. The summed E-state index contributed by atoms with van der Waals surface area (Å²) in [5.74, 6) is 0.580. The van der Waals surface area contributed by atoms with E-state index in [0.717, 1.165) is 12.8 Å². The molecule has 22 heavy (non-hydrogen) atoms. The van der Waals surface area contributed by atoms with Crippen molar-refractivity contribution in [2.75, 3.05) is 14.2 Å². The minimum atomic E-state index is -0.968. The lowest BCUT2D eigenvalue weighted by Crippen LogP contribution is -2.30. The molecule has 6 nitrogen and oxygen atoms in total. The van der Waals surface area contributed by atoms with Crippen LogP contribution in [0.15, 0.2) is 18.2 Å². The topological polar surface area (TPSA) is 78.7 Å². The van der Waals surface area contributed by atoms with Crippen molar-refractivity contribution in [3.8, 4) is 11.5 Å². The monoisotopic (exact) mass is 307 g/mol. The van der Waals surface area contributed by atoms with Crippen molar-refractivity contribution < 1.29 is 19.2 Å². The fraction of sp³-hybridized carbons (Fsp3) is 0.562. The third-order valence-corrected chi connectivity index (χ3v) is 4.12. The van der Waals surface area contributed by atoms with Crippen LogP contribution in [0.2, 0.25) is 0 Å². The Morgan fingerprint density at radius 3 is 2.45 bits per heavy atom. The van der Waals surface area contributed by atoms with Crippen LogP contribution in [0.25, 0.3) is 0 Å². The number of carbonyl (C=O) groups is 1. The number of carbonyl (C=O) groups excluding carboxylic acids is 1. The van der Waals surface area contributed by atoms with E-state index in [1.54, 1.807) is 18.2 Å². The van der Waals surface area contributed by atoms with Gasteiger partial charge in [0.15, 0.2) is 11.5 Å². The molecule has 1 fully saturated rings. The fourth-order valence-electron chi connectivity index (χ4n) is 2.63. The molecule has 0 amide bonds. The van der Waals surface area contributed by atoms with Gasteiger partial charge in [0, 0.05) is 18.3 Å². The molecule has 1 aliphatic rings. The van der Waals surface area contributed by atoms with Crippen LogP contribution >= 0.6 is 0 Å². The molecule has 0 aromatic heterocycles. The van der Waals surface area contributed by atoms with Crippen LogP contribution < -0.4 is 9.47 Å². The lowest BCUT2D eigenvalue weighted by atomic mass is 9.86. The molecular formula is C16H21NO5. The zero-order valence-electron chi connectivity index (χ0n) is 13.1. The predicted octanol–water partition coefficient (Wildman–Crippen LogP) is 2.82. The largest absolute Gasteiger partial charge is 0.493 e. The van der Waals surface area contributed by atoms with Gasteiger partial charge in [0.2, 0.25) is 6.04 Å².